The lowest BCUT2D eigenvalue weighted by Crippen LogP contribution is -2.67. The number of carbonyl (C=O) groups is 4. The highest BCUT2D eigenvalue weighted by atomic mass is 16.6. The summed E-state index contributed by atoms with van der Waals surface area (Å²) in [5.41, 5.74) is -5.83. The fourth-order valence-corrected chi connectivity index (χ4v) is 3.72. The molecule has 0 aliphatic carbocycles. The number of imidazole rings is 1. The maximum absolute atomic E-state index is 12.5. The number of carbonyl (C=O) groups excluding carboxylic acids is 4. The van der Waals surface area contributed by atoms with Crippen LogP contribution in [0.5, 0.6) is 0 Å². The number of hydrogen-bond acceptors (Lipinski definition) is 11. The summed E-state index contributed by atoms with van der Waals surface area (Å²) in [5.74, 6) is -3.44. The number of ether oxygens (including phenoxy) is 1. The van der Waals surface area contributed by atoms with E-state index in [1.165, 1.54) is 6.92 Å². The summed E-state index contributed by atoms with van der Waals surface area (Å²) in [6.45, 7) is 4.06. The van der Waals surface area contributed by atoms with Crippen molar-refractivity contribution in [1.29, 1.82) is 0 Å². The van der Waals surface area contributed by atoms with E-state index < -0.39 is 52.9 Å². The predicted molar refractivity (Wildman–Crippen MR) is 101 cm³/mol. The smallest absolute Gasteiger partial charge is 0.222 e. The molecule has 1 fully saturated rings. The van der Waals surface area contributed by atoms with Crippen molar-refractivity contribution in [3.8, 4) is 0 Å². The number of hydrogen-bond donors (Lipinski definition) is 4. The molecule has 166 valence electrons. The second kappa shape index (κ2) is 7.53. The van der Waals surface area contributed by atoms with E-state index in [4.69, 9.17) is 4.74 Å². The minimum atomic E-state index is -2.96. The van der Waals surface area contributed by atoms with Crippen LogP contribution < -0.4 is 5.32 Å². The van der Waals surface area contributed by atoms with Gasteiger partial charge in [0.25, 0.3) is 0 Å². The second-order valence-corrected chi connectivity index (χ2v) is 7.34. The van der Waals surface area contributed by atoms with Crippen molar-refractivity contribution in [3.05, 3.63) is 12.7 Å². The summed E-state index contributed by atoms with van der Waals surface area (Å²) in [4.78, 5) is 60.1. The van der Waals surface area contributed by atoms with Gasteiger partial charge in [-0.15, -0.1) is 0 Å². The van der Waals surface area contributed by atoms with Crippen LogP contribution in [0.2, 0.25) is 0 Å². The molecule has 1 aliphatic rings. The van der Waals surface area contributed by atoms with Crippen molar-refractivity contribution in [3.63, 3.8) is 0 Å². The quantitative estimate of drug-likeness (QED) is 0.403. The minimum Gasteiger partial charge on any atom is -0.382 e. The Morgan fingerprint density at radius 2 is 1.68 bits per heavy atom. The monoisotopic (exact) mass is 435 g/mol. The Bertz CT molecular complexity index is 1100. The van der Waals surface area contributed by atoms with Crippen LogP contribution in [0.25, 0.3) is 11.2 Å². The van der Waals surface area contributed by atoms with Crippen LogP contribution in [0.3, 0.4) is 0 Å². The number of aliphatic hydroxyl groups is 3. The maximum Gasteiger partial charge on any atom is 0.222 e. The Labute approximate surface area is 175 Å². The third-order valence-electron chi connectivity index (χ3n) is 5.31. The summed E-state index contributed by atoms with van der Waals surface area (Å²) in [6.07, 6.45) is -3.62. The zero-order valence-electron chi connectivity index (χ0n) is 17.1. The van der Waals surface area contributed by atoms with Gasteiger partial charge in [0.05, 0.1) is 6.33 Å². The van der Waals surface area contributed by atoms with Gasteiger partial charge in [-0.25, -0.2) is 15.0 Å². The molecule has 1 aliphatic heterocycles. The first-order chi connectivity index (χ1) is 14.4. The first-order valence-corrected chi connectivity index (χ1v) is 9.13. The Kier molecular flexibility index (Phi) is 5.48. The van der Waals surface area contributed by atoms with E-state index in [0.29, 0.717) is 0 Å². The molecule has 13 nitrogen and oxygen atoms in total. The molecular weight excluding hydrogens is 414 g/mol. The number of ketones is 3. The number of anilines is 1. The topological polar surface area (TPSA) is 194 Å². The number of nitrogens with zero attached hydrogens (tertiary/aromatic N) is 4. The van der Waals surface area contributed by atoms with Crippen LogP contribution in [0.15, 0.2) is 12.7 Å². The lowest BCUT2D eigenvalue weighted by atomic mass is 9.73. The summed E-state index contributed by atoms with van der Waals surface area (Å²) in [5, 5.41) is 35.2. The predicted octanol–water partition coefficient (Wildman–Crippen LogP) is -1.73. The molecule has 5 atom stereocenters. The molecule has 1 saturated heterocycles. The van der Waals surface area contributed by atoms with Crippen LogP contribution in [-0.4, -0.2) is 81.5 Å². The number of rotatable bonds is 6. The minimum absolute atomic E-state index is 0.0210. The van der Waals surface area contributed by atoms with E-state index in [0.717, 1.165) is 38.0 Å². The highest BCUT2D eigenvalue weighted by Crippen LogP contribution is 2.48. The van der Waals surface area contributed by atoms with E-state index >= 15 is 0 Å². The number of amides is 1. The van der Waals surface area contributed by atoms with Crippen LogP contribution >= 0.6 is 0 Å². The Morgan fingerprint density at radius 3 is 2.19 bits per heavy atom. The Morgan fingerprint density at radius 1 is 1.06 bits per heavy atom. The number of aromatic nitrogens is 4. The number of aliphatic hydroxyl groups excluding tert-OH is 1. The van der Waals surface area contributed by atoms with Gasteiger partial charge in [-0.1, -0.05) is 0 Å². The summed E-state index contributed by atoms with van der Waals surface area (Å²) in [6, 6.07) is 0. The molecule has 2 aromatic rings. The normalized spacial score (nSPS) is 29.0. The van der Waals surface area contributed by atoms with E-state index in [9.17, 15) is 34.5 Å². The van der Waals surface area contributed by atoms with Gasteiger partial charge in [0.15, 0.2) is 46.2 Å². The summed E-state index contributed by atoms with van der Waals surface area (Å²) in [7, 11) is 0. The molecule has 0 radical (unpaired) electrons. The first-order valence-electron chi connectivity index (χ1n) is 9.13. The van der Waals surface area contributed by atoms with Crippen molar-refractivity contribution < 1.29 is 39.2 Å². The Hall–Kier alpha value is -3.13. The second-order valence-electron chi connectivity index (χ2n) is 7.34. The largest absolute Gasteiger partial charge is 0.382 e. The van der Waals surface area contributed by atoms with Crippen LogP contribution in [0.4, 0.5) is 5.82 Å². The van der Waals surface area contributed by atoms with E-state index in [1.807, 2.05) is 0 Å². The maximum atomic E-state index is 12.5. The molecule has 3 heterocycles. The molecule has 2 aromatic heterocycles. The van der Waals surface area contributed by atoms with Gasteiger partial charge in [0.1, 0.15) is 18.5 Å². The summed E-state index contributed by atoms with van der Waals surface area (Å²) >= 11 is 0. The highest BCUT2D eigenvalue weighted by molar-refractivity contribution is 6.00. The fraction of sp³-hybridized carbons (Fsp3) is 0.500. The van der Waals surface area contributed by atoms with Gasteiger partial charge in [-0.05, 0) is 20.8 Å². The number of nitrogens with one attached hydrogen (secondary N) is 1. The molecule has 0 aromatic carbocycles. The molecule has 0 spiro atoms. The van der Waals surface area contributed by atoms with Gasteiger partial charge in [0, 0.05) is 6.92 Å². The molecule has 1 unspecified atom stereocenters. The van der Waals surface area contributed by atoms with Crippen LogP contribution in [0, 0.1) is 0 Å². The molecule has 13 heteroatoms. The zero-order chi connectivity index (χ0) is 23.3. The molecule has 3 rings (SSSR count). The Balaban J connectivity index is 2.25. The van der Waals surface area contributed by atoms with Crippen molar-refractivity contribution >= 4 is 40.2 Å². The van der Waals surface area contributed by atoms with Crippen LogP contribution in [-0.2, 0) is 23.9 Å². The van der Waals surface area contributed by atoms with Crippen molar-refractivity contribution in [1.82, 2.24) is 19.5 Å². The molecule has 1 amide bonds. The highest BCUT2D eigenvalue weighted by Gasteiger charge is 2.73. The van der Waals surface area contributed by atoms with Gasteiger partial charge in [-0.2, -0.15) is 0 Å². The van der Waals surface area contributed by atoms with Crippen LogP contribution in [0.1, 0.15) is 33.9 Å². The van der Waals surface area contributed by atoms with Crippen molar-refractivity contribution in [2.75, 3.05) is 5.32 Å². The number of Topliss-reactive ketones (excluding diaryl/α,β-unsaturated/α-hetero) is 3. The first kappa shape index (κ1) is 22.6. The van der Waals surface area contributed by atoms with Gasteiger partial charge in [0.2, 0.25) is 11.5 Å². The molecular formula is C18H21N5O8. The molecule has 31 heavy (non-hydrogen) atoms. The van der Waals surface area contributed by atoms with Gasteiger partial charge >= 0.3 is 0 Å². The van der Waals surface area contributed by atoms with E-state index in [-0.39, 0.29) is 17.0 Å². The third-order valence-corrected chi connectivity index (χ3v) is 5.31. The SMILES string of the molecule is CC(=O)Nc1ncnc2c1ncn2[C@@H]1O[C@H](C(O)C(C)=O)[C@](O)(C(C)=O)[C@]1(O)C(C)=O. The fourth-order valence-electron chi connectivity index (χ4n) is 3.72. The van der Waals surface area contributed by atoms with Crippen molar-refractivity contribution in [2.45, 2.75) is 57.3 Å². The zero-order valence-corrected chi connectivity index (χ0v) is 17.1. The standard InChI is InChI=1S/C18H21N5O8/c1-7(24)12(28)13-17(29,8(2)25)18(30,9(3)26)16(31-13)23-6-21-11-14(22-10(4)27)19-5-20-15(11)23/h5-6,12-13,16,28-30H,1-4H3,(H,19,20,22,27)/t12?,13-,16-,17-,18+/m1/s1. The van der Waals surface area contributed by atoms with Gasteiger partial charge in [-0.3, -0.25) is 23.7 Å². The molecule has 0 bridgehead atoms. The van der Waals surface area contributed by atoms with Crippen molar-refractivity contribution in [2.24, 2.45) is 0 Å². The average Bonchev–Trinajstić information content (AvgIpc) is 3.20. The average molecular weight is 435 g/mol. The lowest BCUT2D eigenvalue weighted by Gasteiger charge is -2.37. The molecule has 0 saturated carbocycles. The van der Waals surface area contributed by atoms with E-state index in [1.54, 1.807) is 0 Å². The third kappa shape index (κ3) is 3.13. The molecule has 4 N–H and O–H groups in total. The number of fused-ring (bicyclic) bond motifs is 1. The van der Waals surface area contributed by atoms with Gasteiger partial charge < -0.3 is 25.4 Å². The lowest BCUT2D eigenvalue weighted by molar-refractivity contribution is -0.184. The van der Waals surface area contributed by atoms with E-state index in [2.05, 4.69) is 20.3 Å². The summed E-state index contributed by atoms with van der Waals surface area (Å²) < 4.78 is 6.62.